The van der Waals surface area contributed by atoms with Crippen LogP contribution in [0.1, 0.15) is 6.42 Å². The quantitative estimate of drug-likeness (QED) is 0.356. The highest BCUT2D eigenvalue weighted by molar-refractivity contribution is 6.26. The van der Waals surface area contributed by atoms with Crippen LogP contribution in [0, 0.1) is 0 Å². The molecule has 0 aliphatic heterocycles. The molecule has 0 heterocycles. The predicted molar refractivity (Wildman–Crippen MR) is 64.5 cm³/mol. The number of hydrogen-bond acceptors (Lipinski definition) is 5. The highest BCUT2D eigenvalue weighted by Gasteiger charge is 1.92. The molecule has 0 aromatic carbocycles. The summed E-state index contributed by atoms with van der Waals surface area (Å²) in [5.41, 5.74) is 0. The maximum atomic E-state index is 8.44. The lowest BCUT2D eigenvalue weighted by Crippen LogP contribution is -2.11. The molecule has 0 radical (unpaired) electrons. The maximum Gasteiger partial charge on any atom is 0.161 e. The topological polar surface area (TPSA) is 57.2 Å². The summed E-state index contributed by atoms with van der Waals surface area (Å²) in [6.45, 7) is 3.55. The third-order valence-electron chi connectivity index (χ3n) is 1.87. The van der Waals surface area contributed by atoms with Crippen molar-refractivity contribution in [1.82, 2.24) is 0 Å². The van der Waals surface area contributed by atoms with Crippen LogP contribution in [0.2, 0.25) is 6.04 Å². The van der Waals surface area contributed by atoms with Crippen molar-refractivity contribution in [2.75, 3.05) is 53.4 Å². The Morgan fingerprint density at radius 3 is 2.00 bits per heavy atom. The summed E-state index contributed by atoms with van der Waals surface area (Å²) >= 11 is 0. The summed E-state index contributed by atoms with van der Waals surface area (Å²) in [5, 5.41) is 8.44. The Morgan fingerprint density at radius 1 is 0.875 bits per heavy atom. The van der Waals surface area contributed by atoms with E-state index >= 15 is 0 Å². The van der Waals surface area contributed by atoms with Crippen molar-refractivity contribution in [1.29, 1.82) is 0 Å². The van der Waals surface area contributed by atoms with E-state index in [0.717, 1.165) is 13.0 Å². The van der Waals surface area contributed by atoms with E-state index in [4.69, 9.17) is 23.7 Å². The molecule has 0 aromatic heterocycles. The smallest absolute Gasteiger partial charge is 0.161 e. The first-order valence-corrected chi connectivity index (χ1v) is 7.32. The molecule has 0 aliphatic rings. The van der Waals surface area contributed by atoms with Gasteiger partial charge in [-0.15, -0.1) is 0 Å². The largest absolute Gasteiger partial charge is 0.427 e. The first-order chi connectivity index (χ1) is 7.91. The van der Waals surface area contributed by atoms with E-state index in [1.54, 1.807) is 7.11 Å². The fourth-order valence-electron chi connectivity index (χ4n) is 1.06. The molecule has 0 spiro atoms. The average Bonchev–Trinajstić information content (AvgIpc) is 2.31. The van der Waals surface area contributed by atoms with Crippen LogP contribution in [0.3, 0.4) is 0 Å². The molecule has 0 unspecified atom stereocenters. The highest BCUT2D eigenvalue weighted by Crippen LogP contribution is 1.90. The Morgan fingerprint density at radius 2 is 1.44 bits per heavy atom. The average molecular weight is 252 g/mol. The van der Waals surface area contributed by atoms with E-state index in [9.17, 15) is 0 Å². The Balaban J connectivity index is 2.83. The van der Waals surface area contributed by atoms with Crippen LogP contribution in [-0.2, 0) is 18.6 Å². The van der Waals surface area contributed by atoms with E-state index < -0.39 is 0 Å². The van der Waals surface area contributed by atoms with Crippen molar-refractivity contribution in [3.63, 3.8) is 0 Å². The molecular formula is C10H24O5Si. The van der Waals surface area contributed by atoms with Crippen LogP contribution in [-0.4, -0.2) is 68.2 Å². The lowest BCUT2D eigenvalue weighted by molar-refractivity contribution is 0.00779. The fraction of sp³-hybridized carbons (Fsp3) is 1.00. The summed E-state index contributed by atoms with van der Waals surface area (Å²) in [7, 11) is 1.48. The molecule has 0 saturated carbocycles. The maximum absolute atomic E-state index is 8.44. The van der Waals surface area contributed by atoms with Crippen LogP contribution < -0.4 is 0 Å². The van der Waals surface area contributed by atoms with Crippen LogP contribution in [0.15, 0.2) is 0 Å². The van der Waals surface area contributed by atoms with Crippen LogP contribution in [0.25, 0.3) is 0 Å². The first kappa shape index (κ1) is 16.0. The Bertz CT molecular complexity index is 112. The predicted octanol–water partition coefficient (Wildman–Crippen LogP) is -0.433. The number of rotatable bonds is 13. The van der Waals surface area contributed by atoms with Gasteiger partial charge in [-0.3, -0.25) is 0 Å². The second kappa shape index (κ2) is 15.0. The van der Waals surface area contributed by atoms with Gasteiger partial charge in [0.05, 0.1) is 39.6 Å². The van der Waals surface area contributed by atoms with Crippen LogP contribution in [0.4, 0.5) is 0 Å². The van der Waals surface area contributed by atoms with Gasteiger partial charge in [-0.2, -0.15) is 0 Å². The normalized spacial score (nSPS) is 11.6. The van der Waals surface area contributed by atoms with Crippen LogP contribution in [0.5, 0.6) is 0 Å². The Labute approximate surface area is 100.0 Å². The summed E-state index contributed by atoms with van der Waals surface area (Å²) in [6, 6.07) is 1.17. The second-order valence-electron chi connectivity index (χ2n) is 3.26. The SMILES string of the molecule is CO[SiH2]CCCOCCOCCOCCO. The van der Waals surface area contributed by atoms with Crippen molar-refractivity contribution in [2.24, 2.45) is 0 Å². The highest BCUT2D eigenvalue weighted by atomic mass is 28.2. The van der Waals surface area contributed by atoms with Crippen molar-refractivity contribution in [2.45, 2.75) is 12.5 Å². The number of aliphatic hydroxyl groups is 1. The van der Waals surface area contributed by atoms with Crippen molar-refractivity contribution in [3.8, 4) is 0 Å². The molecule has 0 rings (SSSR count). The summed E-state index contributed by atoms with van der Waals surface area (Å²) < 4.78 is 20.7. The Kier molecular flexibility index (Phi) is 15.0. The molecule has 6 heteroatoms. The van der Waals surface area contributed by atoms with Gasteiger partial charge in [0.15, 0.2) is 9.76 Å². The molecule has 5 nitrogen and oxygen atoms in total. The van der Waals surface area contributed by atoms with E-state index in [2.05, 4.69) is 0 Å². The van der Waals surface area contributed by atoms with Gasteiger partial charge in [-0.05, 0) is 12.5 Å². The third-order valence-corrected chi connectivity index (χ3v) is 3.06. The molecule has 0 aromatic rings. The molecule has 0 bridgehead atoms. The van der Waals surface area contributed by atoms with Crippen molar-refractivity contribution in [3.05, 3.63) is 0 Å². The number of ether oxygens (including phenoxy) is 3. The number of aliphatic hydroxyl groups excluding tert-OH is 1. The molecule has 16 heavy (non-hydrogen) atoms. The minimum atomic E-state index is -0.282. The van der Waals surface area contributed by atoms with Gasteiger partial charge in [0.2, 0.25) is 0 Å². The molecular weight excluding hydrogens is 228 g/mol. The van der Waals surface area contributed by atoms with E-state index in [1.165, 1.54) is 6.04 Å². The lowest BCUT2D eigenvalue weighted by atomic mass is 10.5. The minimum Gasteiger partial charge on any atom is -0.427 e. The van der Waals surface area contributed by atoms with Gasteiger partial charge in [0, 0.05) is 13.7 Å². The Hall–Kier alpha value is 0.0169. The standard InChI is InChI=1S/C10H24O5Si/c1-12-16-10-2-4-13-6-8-15-9-7-14-5-3-11/h11H,2-10,16H2,1H3. The number of hydrogen-bond donors (Lipinski definition) is 1. The van der Waals surface area contributed by atoms with Gasteiger partial charge in [0.1, 0.15) is 0 Å². The zero-order valence-electron chi connectivity index (χ0n) is 10.2. The fourth-order valence-corrected chi connectivity index (χ4v) is 1.75. The van der Waals surface area contributed by atoms with Gasteiger partial charge < -0.3 is 23.7 Å². The van der Waals surface area contributed by atoms with Gasteiger partial charge in [-0.25, -0.2) is 0 Å². The summed E-state index contributed by atoms with van der Waals surface area (Å²) in [4.78, 5) is 0. The van der Waals surface area contributed by atoms with Gasteiger partial charge in [0.25, 0.3) is 0 Å². The molecule has 0 amide bonds. The van der Waals surface area contributed by atoms with E-state index in [0.29, 0.717) is 33.0 Å². The molecule has 0 aliphatic carbocycles. The first-order valence-electron chi connectivity index (χ1n) is 5.75. The zero-order valence-corrected chi connectivity index (χ0v) is 11.6. The lowest BCUT2D eigenvalue weighted by Gasteiger charge is -2.06. The minimum absolute atomic E-state index is 0.0634. The van der Waals surface area contributed by atoms with E-state index in [-0.39, 0.29) is 16.4 Å². The zero-order chi connectivity index (χ0) is 11.9. The summed E-state index contributed by atoms with van der Waals surface area (Å²) in [5.74, 6) is 0. The monoisotopic (exact) mass is 252 g/mol. The van der Waals surface area contributed by atoms with Gasteiger partial charge >= 0.3 is 0 Å². The third kappa shape index (κ3) is 14.0. The molecule has 0 fully saturated rings. The summed E-state index contributed by atoms with van der Waals surface area (Å²) in [6.07, 6.45) is 1.08. The molecule has 1 N–H and O–H groups in total. The second-order valence-corrected chi connectivity index (χ2v) is 4.95. The van der Waals surface area contributed by atoms with Crippen molar-refractivity contribution < 1.29 is 23.7 Å². The molecule has 0 atom stereocenters. The van der Waals surface area contributed by atoms with Crippen molar-refractivity contribution >= 4 is 9.76 Å². The molecule has 0 saturated heterocycles. The van der Waals surface area contributed by atoms with Gasteiger partial charge in [-0.1, -0.05) is 0 Å². The molecule has 98 valence electrons. The van der Waals surface area contributed by atoms with Crippen LogP contribution >= 0.6 is 0 Å². The van der Waals surface area contributed by atoms with E-state index in [1.807, 2.05) is 0 Å².